The highest BCUT2D eigenvalue weighted by atomic mass is 16.5. The Morgan fingerprint density at radius 1 is 1.22 bits per heavy atom. The van der Waals surface area contributed by atoms with Gasteiger partial charge >= 0.3 is 0 Å². The molecule has 0 saturated heterocycles. The van der Waals surface area contributed by atoms with Crippen LogP contribution in [0.1, 0.15) is 59.9 Å². The molecule has 1 aromatic heterocycles. The molecule has 102 valence electrons. The molecule has 2 rings (SSSR count). The SMILES string of the molecule is CC(C)(C)c1cn(C(C)(C)C)nc1OCC1CC1. The highest BCUT2D eigenvalue weighted by molar-refractivity contribution is 5.31. The van der Waals surface area contributed by atoms with Gasteiger partial charge in [-0.25, -0.2) is 0 Å². The van der Waals surface area contributed by atoms with Crippen LogP contribution in [0.3, 0.4) is 0 Å². The molecule has 3 nitrogen and oxygen atoms in total. The minimum Gasteiger partial charge on any atom is -0.476 e. The van der Waals surface area contributed by atoms with Crippen molar-refractivity contribution in [3.63, 3.8) is 0 Å². The van der Waals surface area contributed by atoms with Crippen LogP contribution in [-0.2, 0) is 11.0 Å². The maximum Gasteiger partial charge on any atom is 0.236 e. The standard InChI is InChI=1S/C15H26N2O/c1-14(2,3)12-9-17(15(4,5)6)16-13(12)18-10-11-7-8-11/h9,11H,7-8,10H2,1-6H3. The summed E-state index contributed by atoms with van der Waals surface area (Å²) in [5.74, 6) is 1.59. The van der Waals surface area contributed by atoms with Crippen LogP contribution in [0.5, 0.6) is 5.88 Å². The van der Waals surface area contributed by atoms with Crippen LogP contribution >= 0.6 is 0 Å². The van der Waals surface area contributed by atoms with Crippen molar-refractivity contribution >= 4 is 0 Å². The normalized spacial score (nSPS) is 17.0. The van der Waals surface area contributed by atoms with Gasteiger partial charge in [0, 0.05) is 11.8 Å². The van der Waals surface area contributed by atoms with E-state index < -0.39 is 0 Å². The van der Waals surface area contributed by atoms with Gasteiger partial charge in [-0.2, -0.15) is 0 Å². The van der Waals surface area contributed by atoms with Crippen molar-refractivity contribution < 1.29 is 4.74 Å². The Kier molecular flexibility index (Phi) is 3.20. The third-order valence-electron chi connectivity index (χ3n) is 3.33. The van der Waals surface area contributed by atoms with E-state index in [4.69, 9.17) is 4.74 Å². The minimum atomic E-state index is 0.00118. The summed E-state index contributed by atoms with van der Waals surface area (Å²) in [4.78, 5) is 0. The predicted molar refractivity (Wildman–Crippen MR) is 74.1 cm³/mol. The number of rotatable bonds is 3. The van der Waals surface area contributed by atoms with Crippen molar-refractivity contribution in [1.82, 2.24) is 9.78 Å². The topological polar surface area (TPSA) is 27.1 Å². The van der Waals surface area contributed by atoms with Crippen molar-refractivity contribution in [2.24, 2.45) is 5.92 Å². The molecule has 1 aromatic rings. The second-order valence-corrected chi connectivity index (χ2v) is 7.47. The first kappa shape index (κ1) is 13.4. The van der Waals surface area contributed by atoms with Gasteiger partial charge in [-0.15, -0.1) is 5.10 Å². The van der Waals surface area contributed by atoms with Gasteiger partial charge in [0.1, 0.15) is 0 Å². The molecule has 0 radical (unpaired) electrons. The predicted octanol–water partition coefficient (Wildman–Crippen LogP) is 3.72. The first-order valence-corrected chi connectivity index (χ1v) is 6.91. The first-order chi connectivity index (χ1) is 8.18. The molecule has 1 fully saturated rings. The lowest BCUT2D eigenvalue weighted by Gasteiger charge is -2.19. The highest BCUT2D eigenvalue weighted by Gasteiger charge is 2.28. The van der Waals surface area contributed by atoms with Crippen LogP contribution in [0.15, 0.2) is 6.20 Å². The summed E-state index contributed by atoms with van der Waals surface area (Å²) in [6, 6.07) is 0. The van der Waals surface area contributed by atoms with Crippen LogP contribution in [0.4, 0.5) is 0 Å². The maximum atomic E-state index is 5.93. The van der Waals surface area contributed by atoms with Gasteiger partial charge in [-0.05, 0) is 44.9 Å². The fourth-order valence-electron chi connectivity index (χ4n) is 1.80. The zero-order valence-electron chi connectivity index (χ0n) is 12.6. The fourth-order valence-corrected chi connectivity index (χ4v) is 1.80. The molecule has 0 unspecified atom stereocenters. The molecular formula is C15H26N2O. The van der Waals surface area contributed by atoms with E-state index in [1.54, 1.807) is 0 Å². The second kappa shape index (κ2) is 4.29. The summed E-state index contributed by atoms with van der Waals surface area (Å²) in [6.07, 6.45) is 4.76. The average Bonchev–Trinajstić information content (AvgIpc) is 2.89. The first-order valence-electron chi connectivity index (χ1n) is 6.91. The maximum absolute atomic E-state index is 5.93. The molecule has 0 atom stereocenters. The van der Waals surface area contributed by atoms with Crippen molar-refractivity contribution in [3.05, 3.63) is 11.8 Å². The lowest BCUT2D eigenvalue weighted by Crippen LogP contribution is -2.22. The van der Waals surface area contributed by atoms with Gasteiger partial charge in [0.15, 0.2) is 0 Å². The number of hydrogen-bond acceptors (Lipinski definition) is 2. The Morgan fingerprint density at radius 2 is 1.83 bits per heavy atom. The molecule has 1 heterocycles. The monoisotopic (exact) mass is 250 g/mol. The molecule has 1 aliphatic rings. The van der Waals surface area contributed by atoms with Gasteiger partial charge in [0.05, 0.1) is 12.1 Å². The van der Waals surface area contributed by atoms with Gasteiger partial charge in [-0.3, -0.25) is 4.68 Å². The smallest absolute Gasteiger partial charge is 0.236 e. The van der Waals surface area contributed by atoms with Gasteiger partial charge in [-0.1, -0.05) is 20.8 Å². The van der Waals surface area contributed by atoms with Crippen LogP contribution in [0, 0.1) is 5.92 Å². The molecular weight excluding hydrogens is 224 g/mol. The highest BCUT2D eigenvalue weighted by Crippen LogP contribution is 2.34. The van der Waals surface area contributed by atoms with E-state index in [1.807, 2.05) is 4.68 Å². The van der Waals surface area contributed by atoms with Crippen molar-refractivity contribution in [1.29, 1.82) is 0 Å². The molecule has 0 N–H and O–H groups in total. The second-order valence-electron chi connectivity index (χ2n) is 7.47. The summed E-state index contributed by atoms with van der Waals surface area (Å²) in [5.41, 5.74) is 1.28. The van der Waals surface area contributed by atoms with Gasteiger partial charge in [0.25, 0.3) is 0 Å². The van der Waals surface area contributed by atoms with Crippen LogP contribution < -0.4 is 4.74 Å². The molecule has 0 spiro atoms. The quantitative estimate of drug-likeness (QED) is 0.817. The summed E-state index contributed by atoms with van der Waals surface area (Å²) < 4.78 is 7.96. The zero-order valence-corrected chi connectivity index (χ0v) is 12.6. The minimum absolute atomic E-state index is 0.00118. The molecule has 3 heteroatoms. The molecule has 18 heavy (non-hydrogen) atoms. The van der Waals surface area contributed by atoms with E-state index >= 15 is 0 Å². The number of nitrogens with zero attached hydrogens (tertiary/aromatic N) is 2. The van der Waals surface area contributed by atoms with Crippen molar-refractivity contribution in [2.45, 2.75) is 65.3 Å². The third kappa shape index (κ3) is 3.06. The molecule has 0 aliphatic heterocycles. The van der Waals surface area contributed by atoms with E-state index in [2.05, 4.69) is 52.8 Å². The average molecular weight is 250 g/mol. The Morgan fingerprint density at radius 3 is 2.28 bits per heavy atom. The van der Waals surface area contributed by atoms with E-state index in [9.17, 15) is 0 Å². The van der Waals surface area contributed by atoms with E-state index in [0.29, 0.717) is 0 Å². The Hall–Kier alpha value is -0.990. The van der Waals surface area contributed by atoms with Crippen LogP contribution in [-0.4, -0.2) is 16.4 Å². The third-order valence-corrected chi connectivity index (χ3v) is 3.33. The van der Waals surface area contributed by atoms with Crippen molar-refractivity contribution in [3.8, 4) is 5.88 Å². The fraction of sp³-hybridized carbons (Fsp3) is 0.800. The number of aromatic nitrogens is 2. The van der Waals surface area contributed by atoms with Crippen LogP contribution in [0.2, 0.25) is 0 Å². The summed E-state index contributed by atoms with van der Waals surface area (Å²) in [6.45, 7) is 13.9. The Bertz CT molecular complexity index is 417. The number of ether oxygens (including phenoxy) is 1. The Labute approximate surface area is 111 Å². The van der Waals surface area contributed by atoms with E-state index in [1.165, 1.54) is 18.4 Å². The number of hydrogen-bond donors (Lipinski definition) is 0. The molecule has 1 aliphatic carbocycles. The van der Waals surface area contributed by atoms with E-state index in [-0.39, 0.29) is 11.0 Å². The zero-order chi connectivity index (χ0) is 13.6. The van der Waals surface area contributed by atoms with Crippen molar-refractivity contribution in [2.75, 3.05) is 6.61 Å². The molecule has 0 amide bonds. The Balaban J connectivity index is 2.26. The summed E-state index contributed by atoms with van der Waals surface area (Å²) in [5, 5.41) is 4.64. The largest absolute Gasteiger partial charge is 0.476 e. The summed E-state index contributed by atoms with van der Waals surface area (Å²) in [7, 11) is 0. The lowest BCUT2D eigenvalue weighted by atomic mass is 9.89. The van der Waals surface area contributed by atoms with E-state index in [0.717, 1.165) is 18.4 Å². The van der Waals surface area contributed by atoms with Gasteiger partial charge in [0.2, 0.25) is 5.88 Å². The van der Waals surface area contributed by atoms with Crippen LogP contribution in [0.25, 0.3) is 0 Å². The molecule has 0 bridgehead atoms. The van der Waals surface area contributed by atoms with Gasteiger partial charge < -0.3 is 4.74 Å². The molecule has 1 saturated carbocycles. The molecule has 0 aromatic carbocycles. The summed E-state index contributed by atoms with van der Waals surface area (Å²) >= 11 is 0. The lowest BCUT2D eigenvalue weighted by molar-refractivity contribution is 0.268.